The van der Waals surface area contributed by atoms with Gasteiger partial charge in [0.1, 0.15) is 5.82 Å². The van der Waals surface area contributed by atoms with Gasteiger partial charge in [-0.15, -0.1) is 0 Å². The van der Waals surface area contributed by atoms with Gasteiger partial charge < -0.3 is 10.2 Å². The Hall–Kier alpha value is -2.61. The van der Waals surface area contributed by atoms with Gasteiger partial charge in [-0.3, -0.25) is 9.69 Å². The van der Waals surface area contributed by atoms with E-state index in [2.05, 4.69) is 29.0 Å². The van der Waals surface area contributed by atoms with Gasteiger partial charge in [-0.05, 0) is 60.2 Å². The van der Waals surface area contributed by atoms with Crippen LogP contribution in [0.1, 0.15) is 37.0 Å². The normalized spacial score (nSPS) is 20.7. The molecule has 1 amide bonds. The summed E-state index contributed by atoms with van der Waals surface area (Å²) in [4.78, 5) is 17.5. The minimum Gasteiger partial charge on any atom is -0.365 e. The summed E-state index contributed by atoms with van der Waals surface area (Å²) in [5, 5.41) is 3.02. The molecule has 184 valence electrons. The number of hydrogen-bond acceptors (Lipinski definition) is 3. The summed E-state index contributed by atoms with van der Waals surface area (Å²) >= 11 is 0. The van der Waals surface area contributed by atoms with Gasteiger partial charge >= 0.3 is 6.18 Å². The molecule has 2 atom stereocenters. The summed E-state index contributed by atoms with van der Waals surface area (Å²) in [6.45, 7) is 7.27. The maximum absolute atomic E-state index is 13.3. The van der Waals surface area contributed by atoms with Gasteiger partial charge in [-0.1, -0.05) is 26.0 Å². The molecule has 2 heterocycles. The predicted octanol–water partition coefficient (Wildman–Crippen LogP) is 4.87. The van der Waals surface area contributed by atoms with E-state index >= 15 is 0 Å². The Morgan fingerprint density at radius 3 is 2.53 bits per heavy atom. The number of benzene rings is 2. The molecule has 1 fully saturated rings. The SMILES string of the molecule is CC(C)CCNC(=O)[C@H]1Cc2cc(C(F)(F)F)ccc2N2CCN(Cc3ccc(F)cc3)C[C@@H]12. The van der Waals surface area contributed by atoms with Crippen LogP contribution in [0.4, 0.5) is 23.2 Å². The van der Waals surface area contributed by atoms with Crippen molar-refractivity contribution < 1.29 is 22.4 Å². The van der Waals surface area contributed by atoms with Gasteiger partial charge in [0.15, 0.2) is 0 Å². The number of hydrogen-bond donors (Lipinski definition) is 1. The van der Waals surface area contributed by atoms with Crippen molar-refractivity contribution in [3.05, 3.63) is 65.0 Å². The quantitative estimate of drug-likeness (QED) is 0.603. The first kappa shape index (κ1) is 24.5. The molecule has 0 aliphatic carbocycles. The highest BCUT2D eigenvalue weighted by molar-refractivity contribution is 5.82. The molecule has 2 aliphatic heterocycles. The molecule has 0 radical (unpaired) electrons. The van der Waals surface area contributed by atoms with Crippen LogP contribution >= 0.6 is 0 Å². The lowest BCUT2D eigenvalue weighted by molar-refractivity contribution is -0.137. The van der Waals surface area contributed by atoms with Crippen LogP contribution in [-0.2, 0) is 23.9 Å². The van der Waals surface area contributed by atoms with E-state index in [1.54, 1.807) is 18.2 Å². The molecule has 2 aliphatic rings. The molecule has 0 unspecified atom stereocenters. The number of amides is 1. The lowest BCUT2D eigenvalue weighted by atomic mass is 9.82. The van der Waals surface area contributed by atoms with Gasteiger partial charge in [0.05, 0.1) is 17.5 Å². The minimum atomic E-state index is -4.42. The van der Waals surface area contributed by atoms with Crippen LogP contribution in [0.25, 0.3) is 0 Å². The smallest absolute Gasteiger partial charge is 0.365 e. The van der Waals surface area contributed by atoms with Crippen molar-refractivity contribution in [2.75, 3.05) is 31.1 Å². The van der Waals surface area contributed by atoms with E-state index in [0.717, 1.165) is 23.7 Å². The van der Waals surface area contributed by atoms with E-state index in [1.165, 1.54) is 18.2 Å². The van der Waals surface area contributed by atoms with Crippen LogP contribution in [-0.4, -0.2) is 43.0 Å². The molecule has 34 heavy (non-hydrogen) atoms. The van der Waals surface area contributed by atoms with Gasteiger partial charge in [-0.25, -0.2) is 4.39 Å². The molecule has 0 saturated carbocycles. The second-order valence-electron chi connectivity index (χ2n) is 9.75. The van der Waals surface area contributed by atoms with Crippen molar-refractivity contribution in [1.29, 1.82) is 0 Å². The molecule has 8 heteroatoms. The Labute approximate surface area is 197 Å². The number of rotatable bonds is 6. The van der Waals surface area contributed by atoms with Gasteiger partial charge in [0, 0.05) is 38.4 Å². The summed E-state index contributed by atoms with van der Waals surface area (Å²) in [6.07, 6.45) is -3.30. The number of carbonyl (C=O) groups is 1. The lowest BCUT2D eigenvalue weighted by Gasteiger charge is -2.49. The number of halogens is 4. The monoisotopic (exact) mass is 477 g/mol. The summed E-state index contributed by atoms with van der Waals surface area (Å²) in [5.41, 5.74) is 1.66. The molecule has 2 aromatic rings. The first-order chi connectivity index (χ1) is 16.1. The van der Waals surface area contributed by atoms with Crippen molar-refractivity contribution in [3.63, 3.8) is 0 Å². The van der Waals surface area contributed by atoms with E-state index in [9.17, 15) is 22.4 Å². The zero-order valence-electron chi connectivity index (χ0n) is 19.5. The van der Waals surface area contributed by atoms with E-state index < -0.39 is 17.7 Å². The molecule has 1 saturated heterocycles. The summed E-state index contributed by atoms with van der Waals surface area (Å²) in [5.74, 6) is -0.394. The predicted molar refractivity (Wildman–Crippen MR) is 124 cm³/mol. The third-order valence-corrected chi connectivity index (χ3v) is 6.80. The molecule has 4 nitrogen and oxygen atoms in total. The van der Waals surface area contributed by atoms with Crippen LogP contribution in [0.2, 0.25) is 0 Å². The van der Waals surface area contributed by atoms with Crippen molar-refractivity contribution in [2.24, 2.45) is 11.8 Å². The zero-order valence-corrected chi connectivity index (χ0v) is 19.5. The second kappa shape index (κ2) is 9.94. The first-order valence-electron chi connectivity index (χ1n) is 11.8. The topological polar surface area (TPSA) is 35.6 Å². The third kappa shape index (κ3) is 5.54. The minimum absolute atomic E-state index is 0.109. The summed E-state index contributed by atoms with van der Waals surface area (Å²) in [6, 6.07) is 10.1. The van der Waals surface area contributed by atoms with Gasteiger partial charge in [-0.2, -0.15) is 13.2 Å². The van der Waals surface area contributed by atoms with E-state index in [1.807, 2.05) is 0 Å². The largest absolute Gasteiger partial charge is 0.416 e. The van der Waals surface area contributed by atoms with Gasteiger partial charge in [0.2, 0.25) is 5.91 Å². The Bertz CT molecular complexity index is 1010. The summed E-state index contributed by atoms with van der Waals surface area (Å²) < 4.78 is 53.3. The van der Waals surface area contributed by atoms with E-state index in [4.69, 9.17) is 0 Å². The van der Waals surface area contributed by atoms with E-state index in [-0.39, 0.29) is 24.2 Å². The number of piperazine rings is 1. The number of fused-ring (bicyclic) bond motifs is 3. The third-order valence-electron chi connectivity index (χ3n) is 6.80. The zero-order chi connectivity index (χ0) is 24.5. The maximum Gasteiger partial charge on any atom is 0.416 e. The molecule has 0 aromatic heterocycles. The molecule has 0 spiro atoms. The van der Waals surface area contributed by atoms with Crippen molar-refractivity contribution in [3.8, 4) is 0 Å². The number of carbonyl (C=O) groups excluding carboxylic acids is 1. The fraction of sp³-hybridized carbons (Fsp3) is 0.500. The molecule has 4 rings (SSSR count). The van der Waals surface area contributed by atoms with Crippen LogP contribution in [0.15, 0.2) is 42.5 Å². The fourth-order valence-corrected chi connectivity index (χ4v) is 4.97. The Morgan fingerprint density at radius 2 is 1.85 bits per heavy atom. The highest BCUT2D eigenvalue weighted by atomic mass is 19.4. The highest BCUT2D eigenvalue weighted by Gasteiger charge is 2.42. The van der Waals surface area contributed by atoms with Crippen molar-refractivity contribution >= 4 is 11.6 Å². The van der Waals surface area contributed by atoms with Crippen LogP contribution < -0.4 is 10.2 Å². The van der Waals surface area contributed by atoms with Crippen molar-refractivity contribution in [1.82, 2.24) is 10.2 Å². The molecule has 2 aromatic carbocycles. The standard InChI is InChI=1S/C26H31F4N3O/c1-17(2)9-10-31-25(34)22-14-19-13-20(26(28,29)30)5-8-23(19)33-12-11-32(16-24(22)33)15-18-3-6-21(27)7-4-18/h3-8,13,17,22,24H,9-12,14-16H2,1-2H3,(H,31,34)/t22-,24-/m0/s1. The average Bonchev–Trinajstić information content (AvgIpc) is 2.78. The van der Waals surface area contributed by atoms with Crippen LogP contribution in [0.3, 0.4) is 0 Å². The number of anilines is 1. The number of nitrogens with zero attached hydrogens (tertiary/aromatic N) is 2. The second-order valence-corrected chi connectivity index (χ2v) is 9.75. The Kier molecular flexibility index (Phi) is 7.17. The van der Waals surface area contributed by atoms with Crippen LogP contribution in [0, 0.1) is 17.7 Å². The highest BCUT2D eigenvalue weighted by Crippen LogP contribution is 2.40. The number of nitrogens with one attached hydrogen (secondary N) is 1. The number of alkyl halides is 3. The summed E-state index contributed by atoms with van der Waals surface area (Å²) in [7, 11) is 0. The molecule has 0 bridgehead atoms. The average molecular weight is 478 g/mol. The Morgan fingerprint density at radius 1 is 1.12 bits per heavy atom. The van der Waals surface area contributed by atoms with Gasteiger partial charge in [0.25, 0.3) is 0 Å². The molecular weight excluding hydrogens is 446 g/mol. The maximum atomic E-state index is 13.3. The fourth-order valence-electron chi connectivity index (χ4n) is 4.97. The molecule has 1 N–H and O–H groups in total. The van der Waals surface area contributed by atoms with Crippen LogP contribution in [0.5, 0.6) is 0 Å². The lowest BCUT2D eigenvalue weighted by Crippen LogP contribution is -2.61. The van der Waals surface area contributed by atoms with E-state index in [0.29, 0.717) is 44.2 Å². The first-order valence-corrected chi connectivity index (χ1v) is 11.8. The Balaban J connectivity index is 1.58. The molecular formula is C26H31F4N3O. The van der Waals surface area contributed by atoms with Crippen molar-refractivity contribution in [2.45, 2.75) is 45.5 Å².